The van der Waals surface area contributed by atoms with Crippen LogP contribution >= 0.6 is 0 Å². The van der Waals surface area contributed by atoms with Crippen LogP contribution in [0, 0.1) is 18.3 Å². The minimum Gasteiger partial charge on any atom is -0.192 e. The van der Waals surface area contributed by atoms with E-state index in [-0.39, 0.29) is 0 Å². The molecule has 0 spiro atoms. The van der Waals surface area contributed by atoms with E-state index in [0.29, 0.717) is 5.57 Å². The molecule has 0 amide bonds. The number of nitrogens with zero attached hydrogens (tertiary/aromatic N) is 1. The van der Waals surface area contributed by atoms with Gasteiger partial charge in [-0.05, 0) is 40.5 Å². The average molecular weight is 269 g/mol. The molecule has 3 aromatic rings. The predicted molar refractivity (Wildman–Crippen MR) is 88.6 cm³/mol. The molecule has 0 bridgehead atoms. The van der Waals surface area contributed by atoms with Crippen molar-refractivity contribution in [2.45, 2.75) is 6.92 Å². The summed E-state index contributed by atoms with van der Waals surface area (Å²) in [7, 11) is 0. The molecular weight excluding hydrogens is 254 g/mol. The fraction of sp³-hybridized carbons (Fsp3) is 0.0500. The number of aryl methyl sites for hydroxylation is 1. The number of nitriles is 1. The zero-order valence-electron chi connectivity index (χ0n) is 11.9. The molecule has 0 fully saturated rings. The zero-order valence-corrected chi connectivity index (χ0v) is 11.9. The second kappa shape index (κ2) is 5.64. The summed E-state index contributed by atoms with van der Waals surface area (Å²) in [5.41, 5.74) is 3.89. The minimum absolute atomic E-state index is 0.699. The van der Waals surface area contributed by atoms with Crippen LogP contribution in [0.15, 0.2) is 66.7 Å². The van der Waals surface area contributed by atoms with Gasteiger partial charge >= 0.3 is 0 Å². The number of hydrogen-bond donors (Lipinski definition) is 0. The summed E-state index contributed by atoms with van der Waals surface area (Å²) in [6.45, 7) is 2.03. The predicted octanol–water partition coefficient (Wildman–Crippen LogP) is 5.21. The van der Waals surface area contributed by atoms with Crippen LogP contribution in [0.2, 0.25) is 0 Å². The van der Waals surface area contributed by atoms with Gasteiger partial charge in [-0.2, -0.15) is 5.26 Å². The Kier molecular flexibility index (Phi) is 3.53. The van der Waals surface area contributed by atoms with Gasteiger partial charge in [-0.3, -0.25) is 0 Å². The van der Waals surface area contributed by atoms with E-state index < -0.39 is 0 Å². The lowest BCUT2D eigenvalue weighted by atomic mass is 9.97. The molecule has 1 heteroatoms. The summed E-state index contributed by atoms with van der Waals surface area (Å²) in [4.78, 5) is 0. The first-order chi connectivity index (χ1) is 10.3. The SMILES string of the molecule is Cc1ccccc1C(C#N)=Cc1cccc2ccccc12. The zero-order chi connectivity index (χ0) is 14.7. The van der Waals surface area contributed by atoms with Crippen LogP contribution in [0.4, 0.5) is 0 Å². The summed E-state index contributed by atoms with van der Waals surface area (Å²) >= 11 is 0. The average Bonchev–Trinajstić information content (AvgIpc) is 2.53. The van der Waals surface area contributed by atoms with Gasteiger partial charge in [-0.1, -0.05) is 66.7 Å². The fourth-order valence-electron chi connectivity index (χ4n) is 2.58. The van der Waals surface area contributed by atoms with Gasteiger partial charge in [0.15, 0.2) is 0 Å². The Labute approximate surface area is 124 Å². The number of rotatable bonds is 2. The van der Waals surface area contributed by atoms with Crippen molar-refractivity contribution in [3.63, 3.8) is 0 Å². The summed E-state index contributed by atoms with van der Waals surface area (Å²) < 4.78 is 0. The second-order valence-corrected chi connectivity index (χ2v) is 5.05. The first-order valence-corrected chi connectivity index (χ1v) is 6.95. The van der Waals surface area contributed by atoms with Crippen LogP contribution in [0.5, 0.6) is 0 Å². The lowest BCUT2D eigenvalue weighted by molar-refractivity contribution is 1.42. The highest BCUT2D eigenvalue weighted by atomic mass is 14.3. The van der Waals surface area contributed by atoms with Crippen molar-refractivity contribution in [1.82, 2.24) is 0 Å². The van der Waals surface area contributed by atoms with Crippen LogP contribution in [0.3, 0.4) is 0 Å². The summed E-state index contributed by atoms with van der Waals surface area (Å²) in [5.74, 6) is 0. The molecule has 0 radical (unpaired) electrons. The largest absolute Gasteiger partial charge is 0.192 e. The molecule has 1 nitrogen and oxygen atoms in total. The van der Waals surface area contributed by atoms with Gasteiger partial charge in [-0.15, -0.1) is 0 Å². The molecule has 0 saturated heterocycles. The highest BCUT2D eigenvalue weighted by molar-refractivity contribution is 5.98. The molecule has 3 aromatic carbocycles. The van der Waals surface area contributed by atoms with E-state index in [0.717, 1.165) is 16.7 Å². The Morgan fingerprint density at radius 3 is 2.43 bits per heavy atom. The van der Waals surface area contributed by atoms with E-state index >= 15 is 0 Å². The highest BCUT2D eigenvalue weighted by Gasteiger charge is 2.05. The second-order valence-electron chi connectivity index (χ2n) is 5.05. The molecule has 100 valence electrons. The minimum atomic E-state index is 0.699. The Morgan fingerprint density at radius 1 is 0.905 bits per heavy atom. The summed E-state index contributed by atoms with van der Waals surface area (Å²) in [6.07, 6.45) is 1.98. The monoisotopic (exact) mass is 269 g/mol. The van der Waals surface area contributed by atoms with Gasteiger partial charge in [-0.25, -0.2) is 0 Å². The Morgan fingerprint density at radius 2 is 1.62 bits per heavy atom. The van der Waals surface area contributed by atoms with Crippen LogP contribution in [0.1, 0.15) is 16.7 Å². The van der Waals surface area contributed by atoms with E-state index in [1.807, 2.05) is 55.5 Å². The van der Waals surface area contributed by atoms with Gasteiger partial charge in [0.1, 0.15) is 0 Å². The third-order valence-electron chi connectivity index (χ3n) is 3.68. The summed E-state index contributed by atoms with van der Waals surface area (Å²) in [6, 6.07) is 24.7. The molecule has 21 heavy (non-hydrogen) atoms. The van der Waals surface area contributed by atoms with Crippen LogP contribution in [-0.2, 0) is 0 Å². The smallest absolute Gasteiger partial charge is 0.0998 e. The quantitative estimate of drug-likeness (QED) is 0.462. The number of allylic oxidation sites excluding steroid dienone is 1. The van der Waals surface area contributed by atoms with E-state index in [9.17, 15) is 5.26 Å². The van der Waals surface area contributed by atoms with E-state index in [4.69, 9.17) is 0 Å². The molecule has 0 aliphatic carbocycles. The lowest BCUT2D eigenvalue weighted by Gasteiger charge is -2.06. The molecule has 0 aliphatic heterocycles. The third-order valence-corrected chi connectivity index (χ3v) is 3.68. The molecule has 0 atom stereocenters. The number of benzene rings is 3. The molecule has 0 aromatic heterocycles. The van der Waals surface area contributed by atoms with Gasteiger partial charge in [0.25, 0.3) is 0 Å². The molecule has 0 aliphatic rings. The van der Waals surface area contributed by atoms with Crippen LogP contribution < -0.4 is 0 Å². The normalized spacial score (nSPS) is 11.3. The van der Waals surface area contributed by atoms with Crippen molar-refractivity contribution in [2.75, 3.05) is 0 Å². The topological polar surface area (TPSA) is 23.8 Å². The third kappa shape index (κ3) is 2.57. The molecule has 0 saturated carbocycles. The van der Waals surface area contributed by atoms with Gasteiger partial charge in [0.05, 0.1) is 11.6 Å². The van der Waals surface area contributed by atoms with E-state index in [1.54, 1.807) is 0 Å². The van der Waals surface area contributed by atoms with Gasteiger partial charge in [0.2, 0.25) is 0 Å². The summed E-state index contributed by atoms with van der Waals surface area (Å²) in [5, 5.41) is 11.9. The molecule has 0 unspecified atom stereocenters. The van der Waals surface area contributed by atoms with Crippen LogP contribution in [0.25, 0.3) is 22.4 Å². The fourth-order valence-corrected chi connectivity index (χ4v) is 2.58. The number of hydrogen-bond acceptors (Lipinski definition) is 1. The van der Waals surface area contributed by atoms with Crippen molar-refractivity contribution >= 4 is 22.4 Å². The Hall–Kier alpha value is -2.85. The first kappa shape index (κ1) is 13.1. The first-order valence-electron chi connectivity index (χ1n) is 6.95. The standard InChI is InChI=1S/C20H15N/c1-15-7-2-4-11-19(15)18(14-21)13-17-10-6-9-16-8-3-5-12-20(16)17/h2-13H,1H3. The lowest BCUT2D eigenvalue weighted by Crippen LogP contribution is -1.87. The van der Waals surface area contributed by atoms with E-state index in [1.165, 1.54) is 10.8 Å². The highest BCUT2D eigenvalue weighted by Crippen LogP contribution is 2.25. The molecule has 0 N–H and O–H groups in total. The van der Waals surface area contributed by atoms with Gasteiger partial charge < -0.3 is 0 Å². The van der Waals surface area contributed by atoms with Crippen LogP contribution in [-0.4, -0.2) is 0 Å². The number of fused-ring (bicyclic) bond motifs is 1. The van der Waals surface area contributed by atoms with Crippen molar-refractivity contribution in [1.29, 1.82) is 5.26 Å². The van der Waals surface area contributed by atoms with Crippen molar-refractivity contribution in [2.24, 2.45) is 0 Å². The molecule has 0 heterocycles. The molecular formula is C20H15N. The maximum absolute atomic E-state index is 9.52. The maximum Gasteiger partial charge on any atom is 0.0998 e. The van der Waals surface area contributed by atoms with Crippen molar-refractivity contribution < 1.29 is 0 Å². The van der Waals surface area contributed by atoms with E-state index in [2.05, 4.69) is 30.3 Å². The van der Waals surface area contributed by atoms with Gasteiger partial charge in [0, 0.05) is 0 Å². The Balaban J connectivity index is 2.19. The Bertz CT molecular complexity index is 861. The maximum atomic E-state index is 9.52. The van der Waals surface area contributed by atoms with Crippen molar-refractivity contribution in [3.05, 3.63) is 83.4 Å². The van der Waals surface area contributed by atoms with Crippen molar-refractivity contribution in [3.8, 4) is 6.07 Å². The molecule has 3 rings (SSSR count).